The Balaban J connectivity index is 2.26. The van der Waals surface area contributed by atoms with Gasteiger partial charge in [0.25, 0.3) is 5.82 Å². The highest BCUT2D eigenvalue weighted by atomic mass is 16.5. The van der Waals surface area contributed by atoms with Gasteiger partial charge in [0.2, 0.25) is 5.91 Å². The van der Waals surface area contributed by atoms with E-state index in [1.54, 1.807) is 0 Å². The highest BCUT2D eigenvalue weighted by Gasteiger charge is 2.57. The highest BCUT2D eigenvalue weighted by Crippen LogP contribution is 2.44. The van der Waals surface area contributed by atoms with E-state index in [2.05, 4.69) is 20.1 Å². The number of amides is 1. The molecule has 2 aliphatic rings. The van der Waals surface area contributed by atoms with Gasteiger partial charge >= 0.3 is 0 Å². The Labute approximate surface area is 117 Å². The van der Waals surface area contributed by atoms with E-state index in [0.717, 1.165) is 5.69 Å². The number of ether oxygens (including phenoxy) is 1. The van der Waals surface area contributed by atoms with Crippen LogP contribution in [-0.4, -0.2) is 29.1 Å². The van der Waals surface area contributed by atoms with Crippen LogP contribution >= 0.6 is 0 Å². The number of nitrogens with one attached hydrogen (secondary N) is 1. The summed E-state index contributed by atoms with van der Waals surface area (Å²) in [5.41, 5.74) is 0.181. The Morgan fingerprint density at radius 3 is 2.60 bits per heavy atom. The van der Waals surface area contributed by atoms with Gasteiger partial charge < -0.3 is 14.9 Å². The molecular formula is C14H16N4O2. The van der Waals surface area contributed by atoms with Crippen molar-refractivity contribution in [2.75, 3.05) is 13.2 Å². The van der Waals surface area contributed by atoms with Crippen LogP contribution in [0, 0.1) is 6.57 Å². The summed E-state index contributed by atoms with van der Waals surface area (Å²) >= 11 is 0. The molecule has 0 atom stereocenters. The van der Waals surface area contributed by atoms with Crippen LogP contribution in [0.2, 0.25) is 0 Å². The summed E-state index contributed by atoms with van der Waals surface area (Å²) in [6, 6.07) is 0. The third-order valence-electron chi connectivity index (χ3n) is 4.47. The fraction of sp³-hybridized carbons (Fsp3) is 0.571. The van der Waals surface area contributed by atoms with E-state index < -0.39 is 11.0 Å². The molecule has 1 aromatic heterocycles. The molecule has 0 saturated carbocycles. The summed E-state index contributed by atoms with van der Waals surface area (Å²) in [6.45, 7) is 11.9. The topological polar surface area (TPSA) is 68.5 Å². The second-order valence-corrected chi connectivity index (χ2v) is 5.36. The summed E-state index contributed by atoms with van der Waals surface area (Å²) in [4.78, 5) is 24.8. The molecule has 0 radical (unpaired) electrons. The van der Waals surface area contributed by atoms with Crippen molar-refractivity contribution in [3.05, 3.63) is 29.0 Å². The molecule has 1 spiro atoms. The molecule has 1 N–H and O–H groups in total. The minimum Gasteiger partial charge on any atom is -0.376 e. The molecule has 2 aliphatic heterocycles. The van der Waals surface area contributed by atoms with Crippen molar-refractivity contribution >= 4 is 11.7 Å². The maximum absolute atomic E-state index is 12.6. The highest BCUT2D eigenvalue weighted by molar-refractivity contribution is 5.91. The smallest absolute Gasteiger partial charge is 0.288 e. The molecule has 1 amide bonds. The molecule has 6 heteroatoms. The van der Waals surface area contributed by atoms with Crippen LogP contribution < -0.4 is 5.32 Å². The Morgan fingerprint density at radius 2 is 2.10 bits per heavy atom. The van der Waals surface area contributed by atoms with Gasteiger partial charge in [-0.05, 0) is 12.8 Å². The molecule has 3 rings (SSSR count). The first kappa shape index (κ1) is 13.0. The fourth-order valence-electron chi connectivity index (χ4n) is 3.04. The first-order valence-electron chi connectivity index (χ1n) is 6.77. The van der Waals surface area contributed by atoms with Crippen LogP contribution in [0.5, 0.6) is 0 Å². The molecule has 6 nitrogen and oxygen atoms in total. The standard InChI is InChI=1S/C14H16N4O2/c1-4-13(5-2)10-11(16-6-9(15-3)17-10)14(7-20-8-14)18-12(13)19/h6H,4-5,7-8H2,1-2H3,(H,18,19). The van der Waals surface area contributed by atoms with Gasteiger partial charge in [0.15, 0.2) is 5.69 Å². The summed E-state index contributed by atoms with van der Waals surface area (Å²) in [7, 11) is 0. The van der Waals surface area contributed by atoms with Crippen molar-refractivity contribution < 1.29 is 9.53 Å². The van der Waals surface area contributed by atoms with E-state index in [1.807, 2.05) is 13.8 Å². The van der Waals surface area contributed by atoms with Gasteiger partial charge in [0.05, 0.1) is 19.4 Å². The minimum absolute atomic E-state index is 0.0327. The largest absolute Gasteiger partial charge is 0.376 e. The van der Waals surface area contributed by atoms with Gasteiger partial charge in [-0.25, -0.2) is 0 Å². The van der Waals surface area contributed by atoms with E-state index in [4.69, 9.17) is 11.3 Å². The quantitative estimate of drug-likeness (QED) is 0.827. The van der Waals surface area contributed by atoms with Gasteiger partial charge in [0.1, 0.15) is 16.6 Å². The maximum Gasteiger partial charge on any atom is 0.288 e. The molecule has 1 aromatic rings. The van der Waals surface area contributed by atoms with Crippen molar-refractivity contribution in [1.29, 1.82) is 0 Å². The first-order valence-corrected chi connectivity index (χ1v) is 6.77. The lowest BCUT2D eigenvalue weighted by Gasteiger charge is -2.48. The van der Waals surface area contributed by atoms with Crippen LogP contribution in [0.1, 0.15) is 38.1 Å². The van der Waals surface area contributed by atoms with Crippen molar-refractivity contribution in [2.24, 2.45) is 0 Å². The molecule has 20 heavy (non-hydrogen) atoms. The predicted molar refractivity (Wildman–Crippen MR) is 71.2 cm³/mol. The summed E-state index contributed by atoms with van der Waals surface area (Å²) in [5.74, 6) is 0.204. The van der Waals surface area contributed by atoms with Crippen molar-refractivity contribution in [3.63, 3.8) is 0 Å². The normalized spacial score (nSPS) is 21.6. The molecule has 0 unspecified atom stereocenters. The molecule has 1 saturated heterocycles. The van der Waals surface area contributed by atoms with Gasteiger partial charge in [0, 0.05) is 0 Å². The number of fused-ring (bicyclic) bond motifs is 2. The van der Waals surface area contributed by atoms with Crippen molar-refractivity contribution in [2.45, 2.75) is 37.6 Å². The van der Waals surface area contributed by atoms with E-state index in [-0.39, 0.29) is 11.7 Å². The molecule has 104 valence electrons. The zero-order valence-electron chi connectivity index (χ0n) is 11.6. The average molecular weight is 272 g/mol. The summed E-state index contributed by atoms with van der Waals surface area (Å²) in [6.07, 6.45) is 2.74. The molecule has 0 bridgehead atoms. The number of hydrogen-bond acceptors (Lipinski definition) is 4. The summed E-state index contributed by atoms with van der Waals surface area (Å²) in [5, 5.41) is 3.07. The lowest BCUT2D eigenvalue weighted by Crippen LogP contribution is -2.67. The van der Waals surface area contributed by atoms with E-state index in [1.165, 1.54) is 6.20 Å². The number of carbonyl (C=O) groups is 1. The molecule has 1 fully saturated rings. The Hall–Kier alpha value is -2.00. The number of carbonyl (C=O) groups excluding carboxylic acids is 1. The monoisotopic (exact) mass is 272 g/mol. The van der Waals surface area contributed by atoms with Crippen molar-refractivity contribution in [3.8, 4) is 0 Å². The lowest BCUT2D eigenvalue weighted by atomic mass is 9.70. The van der Waals surface area contributed by atoms with Crippen LogP contribution in [0.4, 0.5) is 5.82 Å². The van der Waals surface area contributed by atoms with Crippen LogP contribution in [0.25, 0.3) is 4.85 Å². The summed E-state index contributed by atoms with van der Waals surface area (Å²) < 4.78 is 5.27. The average Bonchev–Trinajstić information content (AvgIpc) is 2.44. The zero-order valence-corrected chi connectivity index (χ0v) is 11.6. The van der Waals surface area contributed by atoms with Gasteiger partial charge in [-0.15, -0.1) is 4.98 Å². The Bertz CT molecular complexity index is 612. The number of nitrogens with zero attached hydrogens (tertiary/aromatic N) is 3. The van der Waals surface area contributed by atoms with Crippen molar-refractivity contribution in [1.82, 2.24) is 15.3 Å². The molecular weight excluding hydrogens is 256 g/mol. The zero-order chi connectivity index (χ0) is 14.4. The number of aromatic nitrogens is 2. The van der Waals surface area contributed by atoms with Gasteiger partial charge in [-0.3, -0.25) is 9.78 Å². The molecule has 3 heterocycles. The fourth-order valence-corrected chi connectivity index (χ4v) is 3.04. The Morgan fingerprint density at radius 1 is 1.40 bits per heavy atom. The van der Waals surface area contributed by atoms with Crippen LogP contribution in [0.3, 0.4) is 0 Å². The number of rotatable bonds is 2. The maximum atomic E-state index is 12.6. The second-order valence-electron chi connectivity index (χ2n) is 5.36. The third-order valence-corrected chi connectivity index (χ3v) is 4.47. The second kappa shape index (κ2) is 4.25. The number of hydrogen-bond donors (Lipinski definition) is 1. The van der Waals surface area contributed by atoms with E-state index >= 15 is 0 Å². The Kier molecular flexibility index (Phi) is 2.76. The lowest BCUT2D eigenvalue weighted by molar-refractivity contribution is -0.144. The third kappa shape index (κ3) is 1.44. The van der Waals surface area contributed by atoms with E-state index in [9.17, 15) is 4.79 Å². The van der Waals surface area contributed by atoms with Crippen LogP contribution in [0.15, 0.2) is 6.20 Å². The van der Waals surface area contributed by atoms with Gasteiger partial charge in [-0.1, -0.05) is 20.4 Å². The minimum atomic E-state index is -0.691. The van der Waals surface area contributed by atoms with E-state index in [0.29, 0.717) is 31.7 Å². The van der Waals surface area contributed by atoms with Gasteiger partial charge in [-0.2, -0.15) is 0 Å². The molecule has 0 aromatic carbocycles. The van der Waals surface area contributed by atoms with Crippen LogP contribution in [-0.2, 0) is 20.5 Å². The molecule has 0 aliphatic carbocycles. The predicted octanol–water partition coefficient (Wildman–Crippen LogP) is 1.44. The first-order chi connectivity index (χ1) is 9.62. The SMILES string of the molecule is [C-]#[N+]c1cnc2c(n1)C(CC)(CC)C(=O)NC21COC1.